The largest absolute Gasteiger partial charge is 0.544 e. The van der Waals surface area contributed by atoms with Gasteiger partial charge in [0.15, 0.2) is 0 Å². The Morgan fingerprint density at radius 3 is 1.82 bits per heavy atom. The summed E-state index contributed by atoms with van der Waals surface area (Å²) in [6.45, 7) is -0.257. The molecule has 0 fully saturated rings. The minimum atomic E-state index is -6.63. The van der Waals surface area contributed by atoms with Gasteiger partial charge in [-0.15, -0.1) is 0 Å². The average Bonchev–Trinajstić information content (AvgIpc) is 2.57. The summed E-state index contributed by atoms with van der Waals surface area (Å²) in [5, 5.41) is 10.6. The molecule has 0 aromatic rings. The van der Waals surface area contributed by atoms with Crippen LogP contribution in [0.25, 0.3) is 0 Å². The van der Waals surface area contributed by atoms with E-state index in [1.165, 1.54) is 0 Å². The Balaban J connectivity index is 4.86. The lowest BCUT2D eigenvalue weighted by molar-refractivity contribution is -0.884. The van der Waals surface area contributed by atoms with Gasteiger partial charge >= 0.3 is 18.5 Å². The quantitative estimate of drug-likeness (QED) is 0.207. The summed E-state index contributed by atoms with van der Waals surface area (Å²) in [5.41, 5.74) is -6.07. The zero-order valence-electron chi connectivity index (χ0n) is 18.2. The van der Waals surface area contributed by atoms with Gasteiger partial charge in [0.25, 0.3) is 5.67 Å². The third kappa shape index (κ3) is 10.9. The topological polar surface area (TPSA) is 86.3 Å². The van der Waals surface area contributed by atoms with Crippen molar-refractivity contribution in [1.29, 1.82) is 0 Å². The number of carboxylic acid groups (broad SMARTS) is 1. The zero-order valence-corrected chi connectivity index (χ0v) is 19.0. The number of rotatable bonds is 14. The number of halogens is 10. The minimum absolute atomic E-state index is 0.0190. The first-order chi connectivity index (χ1) is 14.9. The van der Waals surface area contributed by atoms with Gasteiger partial charge in [0.05, 0.1) is 38.3 Å². The molecule has 1 N–H and O–H groups in total. The number of unbranched alkanes of at least 4 members (excludes halogenated alkanes) is 1. The van der Waals surface area contributed by atoms with Crippen molar-refractivity contribution < 1.29 is 66.7 Å². The maximum Gasteiger partial charge on any atom is 0.431 e. The lowest BCUT2D eigenvalue weighted by Gasteiger charge is -2.33. The summed E-state index contributed by atoms with van der Waals surface area (Å²) in [7, 11) is -0.945. The first-order valence-corrected chi connectivity index (χ1v) is 11.5. The molecule has 1 unspecified atom stereocenters. The van der Waals surface area contributed by atoms with Crippen LogP contribution < -0.4 is 9.83 Å². The number of sulfonamides is 1. The molecule has 0 saturated carbocycles. The molecule has 0 amide bonds. The van der Waals surface area contributed by atoms with E-state index in [0.29, 0.717) is 0 Å². The number of nitrogens with zero attached hydrogens (tertiary/aromatic N) is 1. The molecule has 17 heteroatoms. The van der Waals surface area contributed by atoms with Crippen LogP contribution >= 0.6 is 0 Å². The Morgan fingerprint density at radius 1 is 0.912 bits per heavy atom. The van der Waals surface area contributed by atoms with Crippen molar-refractivity contribution in [2.45, 2.75) is 56.3 Å². The van der Waals surface area contributed by atoms with Crippen molar-refractivity contribution in [1.82, 2.24) is 4.72 Å². The second-order valence-corrected chi connectivity index (χ2v) is 10.4. The van der Waals surface area contributed by atoms with Crippen molar-refractivity contribution >= 4 is 16.0 Å². The molecular formula is C17H26F10N2O4S. The maximum absolute atomic E-state index is 13.7. The predicted octanol–water partition coefficient (Wildman–Crippen LogP) is 2.69. The smallest absolute Gasteiger partial charge is 0.431 e. The van der Waals surface area contributed by atoms with E-state index in [0.717, 1.165) is 0 Å². The molecule has 0 bridgehead atoms. The summed E-state index contributed by atoms with van der Waals surface area (Å²) in [4.78, 5) is 10.6. The van der Waals surface area contributed by atoms with Crippen LogP contribution in [0.1, 0.15) is 32.1 Å². The summed E-state index contributed by atoms with van der Waals surface area (Å²) < 4.78 is 154. The molecule has 0 aliphatic heterocycles. The Bertz CT molecular complexity index is 750. The van der Waals surface area contributed by atoms with E-state index < -0.39 is 77.5 Å². The van der Waals surface area contributed by atoms with Crippen LogP contribution in [0.4, 0.5) is 43.9 Å². The van der Waals surface area contributed by atoms with Crippen LogP contribution in [0.3, 0.4) is 0 Å². The van der Waals surface area contributed by atoms with Gasteiger partial charge in [-0.25, -0.2) is 17.5 Å². The number of aliphatic carboxylic acids is 1. The standard InChI is InChI=1S/C17H26F10N2O4S/c1-29(2,11-13(30)31)8-5-7-28-34(32,33)9-4-3-6-12(15(19,20)21)10-14(18,16(22,23)24)17(25,26)27/h12,28H,3-11H2,1-2H3. The lowest BCUT2D eigenvalue weighted by atomic mass is 9.87. The molecule has 0 aromatic carbocycles. The molecule has 0 rings (SSSR count). The highest BCUT2D eigenvalue weighted by Crippen LogP contribution is 2.52. The normalized spacial score (nSPS) is 15.4. The van der Waals surface area contributed by atoms with Crippen molar-refractivity contribution in [2.75, 3.05) is 39.5 Å². The fourth-order valence-corrected chi connectivity index (χ4v) is 4.22. The summed E-state index contributed by atoms with van der Waals surface area (Å²) in [6, 6.07) is 0. The lowest BCUT2D eigenvalue weighted by Crippen LogP contribution is -2.55. The van der Waals surface area contributed by atoms with Gasteiger partial charge in [-0.2, -0.15) is 39.5 Å². The number of hydrogen-bond donors (Lipinski definition) is 1. The van der Waals surface area contributed by atoms with Crippen LogP contribution in [0, 0.1) is 5.92 Å². The van der Waals surface area contributed by atoms with Gasteiger partial charge in [0.2, 0.25) is 10.0 Å². The van der Waals surface area contributed by atoms with Gasteiger partial charge in [-0.1, -0.05) is 6.42 Å². The fourth-order valence-electron chi connectivity index (χ4n) is 3.03. The second kappa shape index (κ2) is 11.6. The molecule has 0 aliphatic carbocycles. The number of carbonyl (C=O) groups is 1. The molecule has 204 valence electrons. The molecule has 0 aromatic heterocycles. The number of alkyl halides is 10. The maximum atomic E-state index is 13.7. The van der Waals surface area contributed by atoms with Gasteiger partial charge in [-0.3, -0.25) is 0 Å². The number of carboxylic acids is 1. The van der Waals surface area contributed by atoms with Crippen LogP contribution in [0.2, 0.25) is 0 Å². The monoisotopic (exact) mass is 544 g/mol. The van der Waals surface area contributed by atoms with Crippen molar-refractivity contribution in [3.63, 3.8) is 0 Å². The minimum Gasteiger partial charge on any atom is -0.544 e. The second-order valence-electron chi connectivity index (χ2n) is 8.49. The number of carbonyl (C=O) groups excluding carboxylic acids is 1. The Kier molecular flexibility index (Phi) is 11.1. The molecule has 6 nitrogen and oxygen atoms in total. The number of nitrogens with one attached hydrogen (secondary N) is 1. The van der Waals surface area contributed by atoms with Crippen molar-refractivity contribution in [3.05, 3.63) is 0 Å². The van der Waals surface area contributed by atoms with E-state index in [2.05, 4.69) is 4.72 Å². The van der Waals surface area contributed by atoms with Crippen LogP contribution in [-0.2, 0) is 14.8 Å². The Labute approximate surface area is 189 Å². The molecule has 0 aliphatic rings. The summed E-state index contributed by atoms with van der Waals surface area (Å²) in [5.74, 6) is -5.40. The van der Waals surface area contributed by atoms with E-state index in [9.17, 15) is 62.2 Å². The van der Waals surface area contributed by atoms with E-state index in [4.69, 9.17) is 0 Å². The number of likely N-dealkylation sites (N-methyl/N-ethyl adjacent to an activating group) is 1. The first-order valence-electron chi connectivity index (χ1n) is 9.82. The molecular weight excluding hydrogens is 518 g/mol. The fraction of sp³-hybridized carbons (Fsp3) is 0.941. The number of quaternary nitrogens is 1. The third-order valence-corrected chi connectivity index (χ3v) is 6.39. The van der Waals surface area contributed by atoms with Gasteiger partial charge in [0, 0.05) is 19.4 Å². The molecule has 1 atom stereocenters. The average molecular weight is 544 g/mol. The molecule has 0 saturated heterocycles. The highest BCUT2D eigenvalue weighted by atomic mass is 32.2. The number of hydrogen-bond acceptors (Lipinski definition) is 4. The van der Waals surface area contributed by atoms with Crippen LogP contribution in [0.5, 0.6) is 0 Å². The summed E-state index contributed by atoms with van der Waals surface area (Å²) >= 11 is 0. The van der Waals surface area contributed by atoms with Crippen molar-refractivity contribution in [3.8, 4) is 0 Å². The summed E-state index contributed by atoms with van der Waals surface area (Å²) in [6.07, 6.45) is -24.2. The van der Waals surface area contributed by atoms with Crippen LogP contribution in [0.15, 0.2) is 0 Å². The van der Waals surface area contributed by atoms with E-state index >= 15 is 0 Å². The molecule has 0 spiro atoms. The zero-order chi connectivity index (χ0) is 27.2. The van der Waals surface area contributed by atoms with Gasteiger partial charge in [-0.05, 0) is 12.8 Å². The van der Waals surface area contributed by atoms with E-state index in [1.54, 1.807) is 14.1 Å². The molecule has 0 heterocycles. The van der Waals surface area contributed by atoms with E-state index in [1.807, 2.05) is 0 Å². The van der Waals surface area contributed by atoms with Gasteiger partial charge < -0.3 is 14.4 Å². The Morgan fingerprint density at radius 2 is 1.41 bits per heavy atom. The van der Waals surface area contributed by atoms with Crippen LogP contribution in [-0.4, -0.2) is 82.6 Å². The molecule has 0 radical (unpaired) electrons. The van der Waals surface area contributed by atoms with Gasteiger partial charge in [0.1, 0.15) is 6.54 Å². The Hall–Kier alpha value is -1.36. The highest BCUT2D eigenvalue weighted by molar-refractivity contribution is 7.89. The van der Waals surface area contributed by atoms with Crippen molar-refractivity contribution in [2.24, 2.45) is 5.92 Å². The van der Waals surface area contributed by atoms with E-state index in [-0.39, 0.29) is 30.5 Å². The first kappa shape index (κ1) is 32.6. The SMILES string of the molecule is C[N+](C)(CCCNS(=O)(=O)CCCCC(CC(F)(C(F)(F)F)C(F)(F)F)C(F)(F)F)CC(=O)[O-]. The molecule has 34 heavy (non-hydrogen) atoms. The third-order valence-electron chi connectivity index (χ3n) is 4.92. The predicted molar refractivity (Wildman–Crippen MR) is 97.2 cm³/mol. The highest BCUT2D eigenvalue weighted by Gasteiger charge is 2.73.